The van der Waals surface area contributed by atoms with Gasteiger partial charge in [-0.3, -0.25) is 9.78 Å². The van der Waals surface area contributed by atoms with Gasteiger partial charge in [0, 0.05) is 42.3 Å². The van der Waals surface area contributed by atoms with Crippen molar-refractivity contribution in [1.29, 1.82) is 0 Å². The number of aryl methyl sites for hydroxylation is 1. The fourth-order valence-corrected chi connectivity index (χ4v) is 2.55. The van der Waals surface area contributed by atoms with E-state index in [0.29, 0.717) is 23.4 Å². The molecule has 0 spiro atoms. The van der Waals surface area contributed by atoms with E-state index >= 15 is 0 Å². The lowest BCUT2D eigenvalue weighted by Gasteiger charge is -2.22. The molecule has 2 N–H and O–H groups in total. The summed E-state index contributed by atoms with van der Waals surface area (Å²) in [7, 11) is 0. The first-order valence-corrected chi connectivity index (χ1v) is 8.53. The van der Waals surface area contributed by atoms with Crippen molar-refractivity contribution < 1.29 is 0 Å². The largest absolute Gasteiger partial charge is 0.369 e. The first-order valence-electron chi connectivity index (χ1n) is 7.46. The molecule has 2 aromatic rings. The second kappa shape index (κ2) is 9.30. The van der Waals surface area contributed by atoms with Crippen molar-refractivity contribution in [3.05, 3.63) is 51.9 Å². The molecule has 0 aliphatic heterocycles. The number of halogens is 2. The predicted octanol–water partition coefficient (Wildman–Crippen LogP) is 2.81. The van der Waals surface area contributed by atoms with Crippen LogP contribution in [-0.4, -0.2) is 41.0 Å². The van der Waals surface area contributed by atoms with Gasteiger partial charge in [-0.05, 0) is 24.6 Å². The van der Waals surface area contributed by atoms with Crippen molar-refractivity contribution in [3.8, 4) is 0 Å². The van der Waals surface area contributed by atoms with Crippen molar-refractivity contribution >= 4 is 41.1 Å². The Kier molecular flexibility index (Phi) is 7.08. The summed E-state index contributed by atoms with van der Waals surface area (Å²) in [6, 6.07) is 9.30. The minimum absolute atomic E-state index is 0.219. The van der Waals surface area contributed by atoms with Gasteiger partial charge in [0.15, 0.2) is 0 Å². The van der Waals surface area contributed by atoms with Crippen LogP contribution in [0.4, 0.5) is 11.6 Å². The molecule has 1 aromatic carbocycles. The molecule has 6 nitrogen and oxygen atoms in total. The van der Waals surface area contributed by atoms with Crippen LogP contribution >= 0.6 is 23.2 Å². The second-order valence-corrected chi connectivity index (χ2v) is 5.82. The third kappa shape index (κ3) is 5.54. The van der Waals surface area contributed by atoms with Gasteiger partial charge >= 0.3 is 0 Å². The molecule has 24 heavy (non-hydrogen) atoms. The van der Waals surface area contributed by atoms with Crippen LogP contribution in [-0.2, 0) is 0 Å². The summed E-state index contributed by atoms with van der Waals surface area (Å²) >= 11 is 11.6. The van der Waals surface area contributed by atoms with E-state index in [4.69, 9.17) is 23.2 Å². The quantitative estimate of drug-likeness (QED) is 0.427. The summed E-state index contributed by atoms with van der Waals surface area (Å²) < 4.78 is 0. The second-order valence-electron chi connectivity index (χ2n) is 5.06. The summed E-state index contributed by atoms with van der Waals surface area (Å²) in [6.45, 7) is 3.24. The van der Waals surface area contributed by atoms with E-state index in [0.717, 1.165) is 24.3 Å². The highest BCUT2D eigenvalue weighted by molar-refractivity contribution is 6.18. The molecule has 0 radical (unpaired) electrons. The number of benzene rings is 1. The third-order valence-corrected chi connectivity index (χ3v) is 3.56. The number of nitrogens with zero attached hydrogens (tertiary/aromatic N) is 3. The lowest BCUT2D eigenvalue weighted by Crippen LogP contribution is -2.27. The van der Waals surface area contributed by atoms with Crippen molar-refractivity contribution in [3.63, 3.8) is 0 Å². The van der Waals surface area contributed by atoms with Gasteiger partial charge in [0.1, 0.15) is 0 Å². The highest BCUT2D eigenvalue weighted by Crippen LogP contribution is 2.15. The summed E-state index contributed by atoms with van der Waals surface area (Å²) in [6.07, 6.45) is 1.65. The van der Waals surface area contributed by atoms with Crippen LogP contribution in [0.25, 0.3) is 0 Å². The van der Waals surface area contributed by atoms with E-state index < -0.39 is 0 Å². The van der Waals surface area contributed by atoms with Crippen molar-refractivity contribution in [2.45, 2.75) is 6.92 Å². The molecule has 0 aliphatic rings. The summed E-state index contributed by atoms with van der Waals surface area (Å²) in [5, 5.41) is 4.08. The number of rotatable bonds is 8. The number of alkyl halides is 2. The third-order valence-electron chi connectivity index (χ3n) is 3.22. The molecule has 0 saturated carbocycles. The highest BCUT2D eigenvalue weighted by atomic mass is 35.5. The Morgan fingerprint density at radius 1 is 1.25 bits per heavy atom. The zero-order valence-corrected chi connectivity index (χ0v) is 14.8. The van der Waals surface area contributed by atoms with Gasteiger partial charge in [-0.2, -0.15) is 5.10 Å². The molecule has 0 amide bonds. The minimum atomic E-state index is -0.219. The molecule has 0 atom stereocenters. The lowest BCUT2D eigenvalue weighted by atomic mass is 10.2. The average molecular weight is 368 g/mol. The molecule has 128 valence electrons. The summed E-state index contributed by atoms with van der Waals surface area (Å²) in [5.74, 6) is 1.40. The van der Waals surface area contributed by atoms with Crippen molar-refractivity contribution in [2.24, 2.45) is 5.10 Å². The van der Waals surface area contributed by atoms with Crippen molar-refractivity contribution in [1.82, 2.24) is 9.97 Å². The zero-order chi connectivity index (χ0) is 17.4. The van der Waals surface area contributed by atoms with E-state index in [1.54, 1.807) is 13.1 Å². The molecule has 8 heteroatoms. The van der Waals surface area contributed by atoms with Crippen LogP contribution in [0, 0.1) is 6.92 Å². The number of hydrazone groups is 1. The van der Waals surface area contributed by atoms with Gasteiger partial charge in [-0.15, -0.1) is 23.2 Å². The number of hydrogen-bond acceptors (Lipinski definition) is 5. The monoisotopic (exact) mass is 367 g/mol. The molecular weight excluding hydrogens is 349 g/mol. The topological polar surface area (TPSA) is 73.4 Å². The Balaban J connectivity index is 2.01. The number of hydrogen-bond donors (Lipinski definition) is 2. The van der Waals surface area contributed by atoms with Crippen LogP contribution < -0.4 is 15.9 Å². The fraction of sp³-hybridized carbons (Fsp3) is 0.312. The van der Waals surface area contributed by atoms with Gasteiger partial charge in [0.25, 0.3) is 5.56 Å². The standard InChI is InChI=1S/C16H19Cl2N5O/c1-12-10-15(24)21-16(20-12)22-19-11-13-2-4-14(5-3-13)23(8-6-17)9-7-18/h2-5,10-11H,6-9H2,1H3,(H2,20,21,22,24)/b19-11+. The predicted molar refractivity (Wildman–Crippen MR) is 101 cm³/mol. The van der Waals surface area contributed by atoms with E-state index in [-0.39, 0.29) is 5.56 Å². The molecule has 2 rings (SSSR count). The Hall–Kier alpha value is -2.05. The molecular formula is C16H19Cl2N5O. The van der Waals surface area contributed by atoms with Crippen molar-refractivity contribution in [2.75, 3.05) is 35.2 Å². The van der Waals surface area contributed by atoms with Crippen LogP contribution in [0.2, 0.25) is 0 Å². The van der Waals surface area contributed by atoms with E-state index in [1.807, 2.05) is 24.3 Å². The van der Waals surface area contributed by atoms with Crippen LogP contribution in [0.1, 0.15) is 11.3 Å². The van der Waals surface area contributed by atoms with Gasteiger partial charge in [-0.25, -0.2) is 10.4 Å². The number of aromatic amines is 1. The maximum atomic E-state index is 11.3. The molecule has 1 heterocycles. The Bertz CT molecular complexity index is 724. The Morgan fingerprint density at radius 3 is 2.50 bits per heavy atom. The number of aromatic nitrogens is 2. The molecule has 0 aliphatic carbocycles. The maximum Gasteiger partial charge on any atom is 0.252 e. The SMILES string of the molecule is Cc1cc(=O)[nH]c(N/N=C/c2ccc(N(CCCl)CCCl)cc2)n1. The minimum Gasteiger partial charge on any atom is -0.369 e. The average Bonchev–Trinajstić information content (AvgIpc) is 2.54. The first kappa shape index (κ1) is 18.3. The molecule has 0 unspecified atom stereocenters. The Labute approximate surface area is 150 Å². The smallest absolute Gasteiger partial charge is 0.252 e. The van der Waals surface area contributed by atoms with Gasteiger partial charge in [-0.1, -0.05) is 12.1 Å². The lowest BCUT2D eigenvalue weighted by molar-refractivity contribution is 0.874. The molecule has 1 aromatic heterocycles. The van der Waals surface area contributed by atoms with Gasteiger partial charge in [0.2, 0.25) is 5.95 Å². The zero-order valence-electron chi connectivity index (χ0n) is 13.3. The van der Waals surface area contributed by atoms with E-state index in [1.165, 1.54) is 6.07 Å². The number of H-pyrrole nitrogens is 1. The molecule has 0 bridgehead atoms. The highest BCUT2D eigenvalue weighted by Gasteiger charge is 2.04. The van der Waals surface area contributed by atoms with Gasteiger partial charge < -0.3 is 4.90 Å². The Morgan fingerprint density at radius 2 is 1.92 bits per heavy atom. The summed E-state index contributed by atoms with van der Waals surface area (Å²) in [4.78, 5) is 20.2. The molecule has 0 fully saturated rings. The van der Waals surface area contributed by atoms with Crippen LogP contribution in [0.15, 0.2) is 40.2 Å². The van der Waals surface area contributed by atoms with E-state index in [9.17, 15) is 4.79 Å². The normalized spacial score (nSPS) is 11.0. The van der Waals surface area contributed by atoms with Crippen LogP contribution in [0.3, 0.4) is 0 Å². The summed E-state index contributed by atoms with van der Waals surface area (Å²) in [5.41, 5.74) is 5.09. The first-order chi connectivity index (χ1) is 11.6. The fourth-order valence-electron chi connectivity index (χ4n) is 2.15. The number of anilines is 2. The van der Waals surface area contributed by atoms with Crippen LogP contribution in [0.5, 0.6) is 0 Å². The van der Waals surface area contributed by atoms with Gasteiger partial charge in [0.05, 0.1) is 6.21 Å². The maximum absolute atomic E-state index is 11.3. The molecule has 0 saturated heterocycles. The number of nitrogens with one attached hydrogen (secondary N) is 2. The van der Waals surface area contributed by atoms with E-state index in [2.05, 4.69) is 25.4 Å².